The quantitative estimate of drug-likeness (QED) is 0.170. The Morgan fingerprint density at radius 3 is 2.17 bits per heavy atom. The number of amides is 1. The standard InChI is InChI=1S/C39H29N3O3S3/c1-24-9-12-27(13-10-24)41-21-5-6-25-22-26(11-15-31(25)41)32-17-18-35(47-32)36-20-19-34(48-36)33-16-14-29(46-33)23-30-37(39(44)45)40-42(38(30)43)28-7-3-2-4-8-28/h2-4,7-20,22-23H,5-6,21H2,1H3,(H,44,45)/b30-23-. The zero-order chi connectivity index (χ0) is 32.8. The molecule has 0 saturated carbocycles. The summed E-state index contributed by atoms with van der Waals surface area (Å²) in [7, 11) is 0. The van der Waals surface area contributed by atoms with E-state index < -0.39 is 11.9 Å². The Balaban J connectivity index is 1.01. The molecule has 5 heterocycles. The fraction of sp³-hybridized carbons (Fsp3) is 0.103. The van der Waals surface area contributed by atoms with Gasteiger partial charge in [-0.25, -0.2) is 4.79 Å². The van der Waals surface area contributed by atoms with Gasteiger partial charge in [0.25, 0.3) is 5.91 Å². The summed E-state index contributed by atoms with van der Waals surface area (Å²) < 4.78 is 0. The number of carbonyl (C=O) groups excluding carboxylic acids is 1. The molecular formula is C39H29N3O3S3. The monoisotopic (exact) mass is 683 g/mol. The molecule has 2 aliphatic heterocycles. The first kappa shape index (κ1) is 30.3. The predicted molar refractivity (Wildman–Crippen MR) is 200 cm³/mol. The third kappa shape index (κ3) is 5.70. The average molecular weight is 684 g/mol. The molecule has 1 N–H and O–H groups in total. The van der Waals surface area contributed by atoms with E-state index in [0.29, 0.717) is 5.69 Å². The summed E-state index contributed by atoms with van der Waals surface area (Å²) in [5.41, 5.74) is 6.81. The van der Waals surface area contributed by atoms with Crippen molar-refractivity contribution in [3.05, 3.63) is 131 Å². The number of thiophene rings is 3. The summed E-state index contributed by atoms with van der Waals surface area (Å²) in [6.07, 6.45) is 3.85. The summed E-state index contributed by atoms with van der Waals surface area (Å²) in [5, 5.41) is 15.0. The van der Waals surface area contributed by atoms with Crippen LogP contribution in [0.25, 0.3) is 36.0 Å². The number of anilines is 3. The zero-order valence-corrected chi connectivity index (χ0v) is 28.4. The van der Waals surface area contributed by atoms with Crippen molar-refractivity contribution in [3.63, 3.8) is 0 Å². The van der Waals surface area contributed by atoms with Crippen LogP contribution in [0.5, 0.6) is 0 Å². The lowest BCUT2D eigenvalue weighted by Crippen LogP contribution is -2.24. The number of carboxylic acid groups (broad SMARTS) is 1. The highest BCUT2D eigenvalue weighted by molar-refractivity contribution is 7.27. The van der Waals surface area contributed by atoms with E-state index in [1.807, 2.05) is 18.2 Å². The molecule has 1 amide bonds. The molecule has 0 radical (unpaired) electrons. The Kier molecular flexibility index (Phi) is 7.88. The van der Waals surface area contributed by atoms with E-state index in [9.17, 15) is 14.7 Å². The molecule has 0 saturated heterocycles. The lowest BCUT2D eigenvalue weighted by atomic mass is 9.98. The number of hydrazone groups is 1. The number of fused-ring (bicyclic) bond motifs is 1. The van der Waals surface area contributed by atoms with Crippen molar-refractivity contribution in [2.45, 2.75) is 19.8 Å². The molecule has 0 aliphatic carbocycles. The fourth-order valence-corrected chi connectivity index (χ4v) is 9.26. The van der Waals surface area contributed by atoms with Gasteiger partial charge in [-0.1, -0.05) is 42.0 Å². The van der Waals surface area contributed by atoms with Crippen LogP contribution >= 0.6 is 34.0 Å². The van der Waals surface area contributed by atoms with Gasteiger partial charge in [-0.05, 0) is 110 Å². The summed E-state index contributed by atoms with van der Waals surface area (Å²) in [6.45, 7) is 3.16. The molecule has 48 heavy (non-hydrogen) atoms. The van der Waals surface area contributed by atoms with Gasteiger partial charge in [0.2, 0.25) is 0 Å². The first-order chi connectivity index (χ1) is 23.4. The number of para-hydroxylation sites is 1. The van der Waals surface area contributed by atoms with Crippen LogP contribution in [-0.4, -0.2) is 29.2 Å². The molecule has 8 rings (SSSR count). The minimum atomic E-state index is -1.23. The van der Waals surface area contributed by atoms with Gasteiger partial charge in [0.05, 0.1) is 11.3 Å². The van der Waals surface area contributed by atoms with E-state index in [0.717, 1.165) is 39.0 Å². The first-order valence-corrected chi connectivity index (χ1v) is 18.1. The molecule has 3 aromatic heterocycles. The number of rotatable bonds is 7. The summed E-state index contributed by atoms with van der Waals surface area (Å²) in [6, 6.07) is 37.2. The summed E-state index contributed by atoms with van der Waals surface area (Å²) >= 11 is 5.06. The summed E-state index contributed by atoms with van der Waals surface area (Å²) in [4.78, 5) is 34.3. The maximum Gasteiger partial charge on any atom is 0.357 e. The molecule has 6 aromatic rings. The molecule has 6 nitrogen and oxygen atoms in total. The topological polar surface area (TPSA) is 73.2 Å². The molecule has 2 aliphatic rings. The highest BCUT2D eigenvalue weighted by atomic mass is 32.1. The van der Waals surface area contributed by atoms with Gasteiger partial charge >= 0.3 is 5.97 Å². The van der Waals surface area contributed by atoms with E-state index in [2.05, 4.69) is 83.7 Å². The van der Waals surface area contributed by atoms with Crippen LogP contribution in [-0.2, 0) is 16.0 Å². The number of aliphatic carboxylic acids is 1. The van der Waals surface area contributed by atoms with Crippen molar-refractivity contribution in [2.24, 2.45) is 5.10 Å². The van der Waals surface area contributed by atoms with E-state index in [1.165, 1.54) is 54.0 Å². The van der Waals surface area contributed by atoms with Crippen molar-refractivity contribution in [1.29, 1.82) is 0 Å². The molecule has 9 heteroatoms. The Morgan fingerprint density at radius 2 is 1.44 bits per heavy atom. The maximum atomic E-state index is 13.2. The minimum Gasteiger partial charge on any atom is -0.476 e. The largest absolute Gasteiger partial charge is 0.476 e. The molecule has 3 aromatic carbocycles. The van der Waals surface area contributed by atoms with E-state index in [4.69, 9.17) is 0 Å². The van der Waals surface area contributed by atoms with Crippen LogP contribution in [0.3, 0.4) is 0 Å². The van der Waals surface area contributed by atoms with E-state index >= 15 is 0 Å². The second-order valence-corrected chi connectivity index (χ2v) is 15.0. The smallest absolute Gasteiger partial charge is 0.357 e. The van der Waals surface area contributed by atoms with Gasteiger partial charge in [-0.2, -0.15) is 10.1 Å². The second-order valence-electron chi connectivity index (χ2n) is 11.7. The number of aryl methyl sites for hydroxylation is 2. The average Bonchev–Trinajstić information content (AvgIpc) is 3.93. The molecule has 0 spiro atoms. The molecule has 0 fully saturated rings. The lowest BCUT2D eigenvalue weighted by Gasteiger charge is -2.31. The van der Waals surface area contributed by atoms with Crippen LogP contribution in [0.1, 0.15) is 22.4 Å². The number of nitrogens with zero attached hydrogens (tertiary/aromatic N) is 3. The number of hydrogen-bond donors (Lipinski definition) is 1. The Labute approximate surface area is 290 Å². The number of carboxylic acids is 1. The van der Waals surface area contributed by atoms with Crippen molar-refractivity contribution in [1.82, 2.24) is 0 Å². The predicted octanol–water partition coefficient (Wildman–Crippen LogP) is 10.1. The molecule has 0 bridgehead atoms. The Bertz CT molecular complexity index is 2240. The lowest BCUT2D eigenvalue weighted by molar-refractivity contribution is -0.129. The van der Waals surface area contributed by atoms with Gasteiger partial charge in [-0.3, -0.25) is 4.79 Å². The van der Waals surface area contributed by atoms with Gasteiger partial charge in [0.1, 0.15) is 0 Å². The second kappa shape index (κ2) is 12.5. The Hall–Kier alpha value is -5.09. The van der Waals surface area contributed by atoms with Crippen LogP contribution in [0.2, 0.25) is 0 Å². The van der Waals surface area contributed by atoms with Crippen LogP contribution in [0.4, 0.5) is 17.1 Å². The molecule has 236 valence electrons. The summed E-state index contributed by atoms with van der Waals surface area (Å²) in [5.74, 6) is -1.69. The van der Waals surface area contributed by atoms with Crippen molar-refractivity contribution in [2.75, 3.05) is 16.5 Å². The van der Waals surface area contributed by atoms with E-state index in [1.54, 1.807) is 53.0 Å². The van der Waals surface area contributed by atoms with Gasteiger partial charge in [0, 0.05) is 47.2 Å². The third-order valence-corrected chi connectivity index (χ3v) is 12.2. The maximum absolute atomic E-state index is 13.2. The van der Waals surface area contributed by atoms with E-state index in [-0.39, 0.29) is 11.3 Å². The van der Waals surface area contributed by atoms with Crippen molar-refractivity contribution >= 4 is 74.7 Å². The van der Waals surface area contributed by atoms with Crippen molar-refractivity contribution in [3.8, 4) is 29.9 Å². The van der Waals surface area contributed by atoms with Crippen LogP contribution in [0, 0.1) is 6.92 Å². The molecular weight excluding hydrogens is 655 g/mol. The number of carbonyl (C=O) groups is 2. The van der Waals surface area contributed by atoms with Crippen LogP contribution in [0.15, 0.2) is 120 Å². The number of hydrogen-bond acceptors (Lipinski definition) is 7. The zero-order valence-electron chi connectivity index (χ0n) is 25.9. The Morgan fingerprint density at radius 1 is 0.771 bits per heavy atom. The van der Waals surface area contributed by atoms with Gasteiger partial charge in [-0.15, -0.1) is 34.0 Å². The molecule has 0 atom stereocenters. The highest BCUT2D eigenvalue weighted by Gasteiger charge is 2.35. The molecule has 0 unspecified atom stereocenters. The SMILES string of the molecule is Cc1ccc(N2CCCc3cc(-c4ccc(-c5ccc(-c6ccc(/C=C7\C(=O)N(c8ccccc8)N=C7C(=O)O)s6)s5)s4)ccc32)cc1. The normalized spacial score (nSPS) is 15.2. The van der Waals surface area contributed by atoms with Gasteiger partial charge < -0.3 is 10.0 Å². The fourth-order valence-electron chi connectivity index (χ4n) is 6.12. The third-order valence-electron chi connectivity index (χ3n) is 8.52. The van der Waals surface area contributed by atoms with Crippen molar-refractivity contribution < 1.29 is 14.7 Å². The first-order valence-electron chi connectivity index (χ1n) is 15.6. The van der Waals surface area contributed by atoms with Gasteiger partial charge in [0.15, 0.2) is 5.71 Å². The number of benzene rings is 3. The minimum absolute atomic E-state index is 0.0720. The van der Waals surface area contributed by atoms with Crippen LogP contribution < -0.4 is 9.91 Å². The highest BCUT2D eigenvalue weighted by Crippen LogP contribution is 2.43.